The number of carbonyl (C=O) groups is 1. The van der Waals surface area contributed by atoms with Crippen LogP contribution < -0.4 is 0 Å². The van der Waals surface area contributed by atoms with Gasteiger partial charge in [-0.3, -0.25) is 4.79 Å². The molecule has 0 aromatic rings. The molecular formula is C11H22O2Si. The fourth-order valence-electron chi connectivity index (χ4n) is 1.30. The fraction of sp³-hybridized carbons (Fsp3) is 0.727. The summed E-state index contributed by atoms with van der Waals surface area (Å²) in [5, 5.41) is 8.65. The first-order chi connectivity index (χ1) is 6.37. The van der Waals surface area contributed by atoms with E-state index < -0.39 is 8.07 Å². The average molecular weight is 214 g/mol. The van der Waals surface area contributed by atoms with E-state index in [9.17, 15) is 4.79 Å². The predicted octanol–water partition coefficient (Wildman–Crippen LogP) is 2.54. The molecule has 0 radical (unpaired) electrons. The van der Waals surface area contributed by atoms with Crippen molar-refractivity contribution in [3.8, 4) is 0 Å². The van der Waals surface area contributed by atoms with Gasteiger partial charge in [-0.15, -0.1) is 0 Å². The van der Waals surface area contributed by atoms with Crippen molar-refractivity contribution >= 4 is 13.9 Å². The standard InChI is InChI=1S/C11H22O2Si/c1-10(13)11(7-5-6-8-12)9-14(2,3)4/h9,12H,5-8H2,1-4H3. The monoisotopic (exact) mass is 214 g/mol. The van der Waals surface area contributed by atoms with Crippen molar-refractivity contribution in [2.24, 2.45) is 0 Å². The second kappa shape index (κ2) is 6.14. The van der Waals surface area contributed by atoms with Gasteiger partial charge < -0.3 is 5.11 Å². The zero-order chi connectivity index (χ0) is 11.2. The van der Waals surface area contributed by atoms with Gasteiger partial charge in [0.15, 0.2) is 5.78 Å². The summed E-state index contributed by atoms with van der Waals surface area (Å²) in [6, 6.07) is 0. The molecule has 0 spiro atoms. The average Bonchev–Trinajstić information content (AvgIpc) is 2.00. The Morgan fingerprint density at radius 1 is 1.29 bits per heavy atom. The Labute approximate surface area is 88.0 Å². The van der Waals surface area contributed by atoms with Crippen LogP contribution in [0.5, 0.6) is 0 Å². The topological polar surface area (TPSA) is 37.3 Å². The van der Waals surface area contributed by atoms with Gasteiger partial charge in [0, 0.05) is 6.61 Å². The molecule has 1 N–H and O–H groups in total. The number of aliphatic hydroxyl groups is 1. The molecule has 0 aromatic heterocycles. The lowest BCUT2D eigenvalue weighted by Gasteiger charge is -2.12. The normalized spacial score (nSPS) is 13.1. The number of Topliss-reactive ketones (excluding diaryl/α,β-unsaturated/α-hetero) is 1. The highest BCUT2D eigenvalue weighted by Crippen LogP contribution is 2.13. The lowest BCUT2D eigenvalue weighted by molar-refractivity contribution is -0.113. The number of hydrogen-bond acceptors (Lipinski definition) is 2. The van der Waals surface area contributed by atoms with Crippen molar-refractivity contribution in [3.63, 3.8) is 0 Å². The SMILES string of the molecule is CC(=O)C(=C[Si](C)(C)C)CCCCO. The molecule has 0 heterocycles. The van der Waals surface area contributed by atoms with Gasteiger partial charge in [0.05, 0.1) is 8.07 Å². The maximum Gasteiger partial charge on any atom is 0.155 e. The fourth-order valence-corrected chi connectivity index (χ4v) is 2.69. The van der Waals surface area contributed by atoms with Crippen LogP contribution >= 0.6 is 0 Å². The summed E-state index contributed by atoms with van der Waals surface area (Å²) in [7, 11) is -1.29. The highest BCUT2D eigenvalue weighted by Gasteiger charge is 2.13. The van der Waals surface area contributed by atoms with E-state index in [1.807, 2.05) is 0 Å². The summed E-state index contributed by atoms with van der Waals surface area (Å²) in [6.07, 6.45) is 2.52. The second-order valence-electron chi connectivity index (χ2n) is 4.77. The van der Waals surface area contributed by atoms with Gasteiger partial charge in [0.25, 0.3) is 0 Å². The first kappa shape index (κ1) is 13.6. The molecule has 82 valence electrons. The maximum absolute atomic E-state index is 11.3. The number of rotatable bonds is 6. The van der Waals surface area contributed by atoms with Gasteiger partial charge in [-0.2, -0.15) is 0 Å². The molecule has 0 unspecified atom stereocenters. The molecular weight excluding hydrogens is 192 g/mol. The van der Waals surface area contributed by atoms with Gasteiger partial charge in [-0.25, -0.2) is 0 Å². The highest BCUT2D eigenvalue weighted by molar-refractivity contribution is 6.81. The van der Waals surface area contributed by atoms with E-state index in [0.717, 1.165) is 24.8 Å². The molecule has 0 bridgehead atoms. The Kier molecular flexibility index (Phi) is 5.96. The first-order valence-corrected chi connectivity index (χ1v) is 8.78. The number of allylic oxidation sites excluding steroid dienone is 1. The van der Waals surface area contributed by atoms with Crippen LogP contribution in [0.4, 0.5) is 0 Å². The quantitative estimate of drug-likeness (QED) is 0.419. The number of aliphatic hydroxyl groups excluding tert-OH is 1. The summed E-state index contributed by atoms with van der Waals surface area (Å²) in [5.41, 5.74) is 3.13. The Bertz CT molecular complexity index is 214. The van der Waals surface area contributed by atoms with Crippen LogP contribution in [0.3, 0.4) is 0 Å². The first-order valence-electron chi connectivity index (χ1n) is 5.20. The summed E-state index contributed by atoms with van der Waals surface area (Å²) >= 11 is 0. The Morgan fingerprint density at radius 3 is 2.21 bits per heavy atom. The van der Waals surface area contributed by atoms with E-state index in [1.165, 1.54) is 0 Å². The molecule has 0 amide bonds. The number of hydrogen-bond donors (Lipinski definition) is 1. The van der Waals surface area contributed by atoms with Crippen LogP contribution in [0.2, 0.25) is 19.6 Å². The van der Waals surface area contributed by atoms with Crippen LogP contribution in [0.25, 0.3) is 0 Å². The van der Waals surface area contributed by atoms with Gasteiger partial charge in [-0.1, -0.05) is 25.3 Å². The zero-order valence-electron chi connectivity index (χ0n) is 9.76. The van der Waals surface area contributed by atoms with Crippen LogP contribution in [0.1, 0.15) is 26.2 Å². The van der Waals surface area contributed by atoms with Crippen LogP contribution in [0.15, 0.2) is 11.3 Å². The van der Waals surface area contributed by atoms with Gasteiger partial charge >= 0.3 is 0 Å². The molecule has 0 aliphatic rings. The molecule has 0 aliphatic carbocycles. The van der Waals surface area contributed by atoms with E-state index in [0.29, 0.717) is 0 Å². The van der Waals surface area contributed by atoms with E-state index in [2.05, 4.69) is 25.3 Å². The smallest absolute Gasteiger partial charge is 0.155 e. The Balaban J connectivity index is 4.31. The lowest BCUT2D eigenvalue weighted by atomic mass is 10.1. The van der Waals surface area contributed by atoms with Gasteiger partial charge in [-0.05, 0) is 31.8 Å². The summed E-state index contributed by atoms with van der Waals surface area (Å²) in [4.78, 5) is 11.3. The third-order valence-electron chi connectivity index (χ3n) is 1.91. The van der Waals surface area contributed by atoms with Crippen LogP contribution in [0, 0.1) is 0 Å². The number of ketones is 1. The molecule has 14 heavy (non-hydrogen) atoms. The minimum absolute atomic E-state index is 0.186. The summed E-state index contributed by atoms with van der Waals surface area (Å²) in [5.74, 6) is 0.186. The molecule has 0 saturated heterocycles. The summed E-state index contributed by atoms with van der Waals surface area (Å²) < 4.78 is 0. The third-order valence-corrected chi connectivity index (χ3v) is 3.13. The second-order valence-corrected chi connectivity index (χ2v) is 9.79. The van der Waals surface area contributed by atoms with Gasteiger partial charge in [0.2, 0.25) is 0 Å². The highest BCUT2D eigenvalue weighted by atomic mass is 28.3. The Morgan fingerprint density at radius 2 is 1.86 bits per heavy atom. The van der Waals surface area contributed by atoms with E-state index in [-0.39, 0.29) is 12.4 Å². The molecule has 0 atom stereocenters. The molecule has 0 rings (SSSR count). The molecule has 0 aliphatic heterocycles. The van der Waals surface area contributed by atoms with Gasteiger partial charge in [0.1, 0.15) is 0 Å². The molecule has 0 saturated carbocycles. The predicted molar refractivity (Wildman–Crippen MR) is 63.0 cm³/mol. The van der Waals surface area contributed by atoms with Crippen molar-refractivity contribution < 1.29 is 9.90 Å². The third kappa shape index (κ3) is 7.03. The largest absolute Gasteiger partial charge is 0.396 e. The van der Waals surface area contributed by atoms with Crippen molar-refractivity contribution in [3.05, 3.63) is 11.3 Å². The minimum Gasteiger partial charge on any atom is -0.396 e. The maximum atomic E-state index is 11.3. The Hall–Kier alpha value is -0.413. The summed E-state index contributed by atoms with van der Waals surface area (Å²) in [6.45, 7) is 8.52. The van der Waals surface area contributed by atoms with E-state index in [4.69, 9.17) is 5.11 Å². The van der Waals surface area contributed by atoms with Crippen molar-refractivity contribution in [2.75, 3.05) is 6.61 Å². The number of unbranched alkanes of at least 4 members (excludes halogenated alkanes) is 1. The van der Waals surface area contributed by atoms with Crippen molar-refractivity contribution in [2.45, 2.75) is 45.8 Å². The van der Waals surface area contributed by atoms with Crippen molar-refractivity contribution in [1.29, 1.82) is 0 Å². The van der Waals surface area contributed by atoms with Crippen LogP contribution in [-0.4, -0.2) is 25.6 Å². The van der Waals surface area contributed by atoms with E-state index in [1.54, 1.807) is 6.92 Å². The van der Waals surface area contributed by atoms with Crippen molar-refractivity contribution in [1.82, 2.24) is 0 Å². The zero-order valence-corrected chi connectivity index (χ0v) is 10.8. The minimum atomic E-state index is -1.29. The number of carbonyl (C=O) groups excluding carboxylic acids is 1. The molecule has 3 heteroatoms. The molecule has 0 aromatic carbocycles. The molecule has 0 fully saturated rings. The lowest BCUT2D eigenvalue weighted by Crippen LogP contribution is -2.18. The van der Waals surface area contributed by atoms with E-state index >= 15 is 0 Å². The molecule has 2 nitrogen and oxygen atoms in total. The van der Waals surface area contributed by atoms with Crippen LogP contribution in [-0.2, 0) is 4.79 Å².